The zero-order valence-corrected chi connectivity index (χ0v) is 10.3. The predicted octanol–water partition coefficient (Wildman–Crippen LogP) is 2.54. The summed E-state index contributed by atoms with van der Waals surface area (Å²) >= 11 is 0. The molecular weight excluding hydrogens is 230 g/mol. The SMILES string of the molecule is C/C=C/C=C/C(=O)Nc1cccc(C(=O)OC)c1. The standard InChI is InChI=1S/C14H15NO3/c1-3-4-5-9-13(16)15-12-8-6-7-11(10-12)14(17)18-2/h3-10H,1-2H3,(H,15,16)/b4-3+,9-5+. The van der Waals surface area contributed by atoms with Gasteiger partial charge in [0.1, 0.15) is 0 Å². The second kappa shape index (κ2) is 7.06. The second-order valence-corrected chi connectivity index (χ2v) is 3.45. The van der Waals surface area contributed by atoms with Crippen LogP contribution in [-0.4, -0.2) is 19.0 Å². The first-order chi connectivity index (χ1) is 8.67. The topological polar surface area (TPSA) is 55.4 Å². The lowest BCUT2D eigenvalue weighted by Gasteiger charge is -2.04. The molecule has 1 amide bonds. The van der Waals surface area contributed by atoms with Gasteiger partial charge in [-0.15, -0.1) is 0 Å². The lowest BCUT2D eigenvalue weighted by atomic mass is 10.2. The number of hydrogen-bond donors (Lipinski definition) is 1. The lowest BCUT2D eigenvalue weighted by molar-refractivity contribution is -0.111. The van der Waals surface area contributed by atoms with Crippen molar-refractivity contribution >= 4 is 17.6 Å². The third kappa shape index (κ3) is 4.25. The van der Waals surface area contributed by atoms with Crippen molar-refractivity contribution in [1.82, 2.24) is 0 Å². The minimum absolute atomic E-state index is 0.255. The fourth-order valence-electron chi connectivity index (χ4n) is 1.28. The lowest BCUT2D eigenvalue weighted by Crippen LogP contribution is -2.09. The van der Waals surface area contributed by atoms with Crippen LogP contribution in [0.4, 0.5) is 5.69 Å². The molecule has 1 aromatic carbocycles. The van der Waals surface area contributed by atoms with Gasteiger partial charge in [-0.1, -0.05) is 24.3 Å². The third-order valence-electron chi connectivity index (χ3n) is 2.10. The van der Waals surface area contributed by atoms with Gasteiger partial charge in [0.15, 0.2) is 0 Å². The summed E-state index contributed by atoms with van der Waals surface area (Å²) in [4.78, 5) is 22.8. The van der Waals surface area contributed by atoms with E-state index in [9.17, 15) is 9.59 Å². The zero-order chi connectivity index (χ0) is 13.4. The van der Waals surface area contributed by atoms with Crippen LogP contribution in [0.15, 0.2) is 48.6 Å². The smallest absolute Gasteiger partial charge is 0.337 e. The Hall–Kier alpha value is -2.36. The van der Waals surface area contributed by atoms with E-state index in [-0.39, 0.29) is 5.91 Å². The van der Waals surface area contributed by atoms with E-state index in [1.807, 2.05) is 13.0 Å². The van der Waals surface area contributed by atoms with E-state index in [0.29, 0.717) is 11.3 Å². The normalized spacial score (nSPS) is 10.8. The number of esters is 1. The summed E-state index contributed by atoms with van der Waals surface area (Å²) < 4.78 is 4.60. The van der Waals surface area contributed by atoms with Crippen LogP contribution in [0.1, 0.15) is 17.3 Å². The molecule has 18 heavy (non-hydrogen) atoms. The number of methoxy groups -OCH3 is 1. The van der Waals surface area contributed by atoms with E-state index in [1.165, 1.54) is 13.2 Å². The van der Waals surface area contributed by atoms with E-state index in [0.717, 1.165) is 0 Å². The summed E-state index contributed by atoms with van der Waals surface area (Å²) in [7, 11) is 1.31. The molecule has 0 aliphatic carbocycles. The van der Waals surface area contributed by atoms with Crippen LogP contribution < -0.4 is 5.32 Å². The van der Waals surface area contributed by atoms with Crippen molar-refractivity contribution in [2.75, 3.05) is 12.4 Å². The Labute approximate surface area is 106 Å². The molecule has 0 saturated heterocycles. The molecule has 94 valence electrons. The number of benzene rings is 1. The second-order valence-electron chi connectivity index (χ2n) is 3.45. The number of ether oxygens (including phenoxy) is 1. The van der Waals surface area contributed by atoms with E-state index in [2.05, 4.69) is 10.1 Å². The number of anilines is 1. The van der Waals surface area contributed by atoms with E-state index >= 15 is 0 Å². The maximum atomic E-state index is 11.5. The van der Waals surface area contributed by atoms with Crippen LogP contribution >= 0.6 is 0 Å². The number of rotatable bonds is 4. The van der Waals surface area contributed by atoms with E-state index in [4.69, 9.17) is 0 Å². The minimum atomic E-state index is -0.435. The Morgan fingerprint density at radius 3 is 2.72 bits per heavy atom. The molecule has 1 aromatic rings. The maximum absolute atomic E-state index is 11.5. The summed E-state index contributed by atoms with van der Waals surface area (Å²) in [5, 5.41) is 2.65. The van der Waals surface area contributed by atoms with Crippen LogP contribution in [0.25, 0.3) is 0 Å². The number of carbonyl (C=O) groups is 2. The molecule has 0 heterocycles. The van der Waals surface area contributed by atoms with E-state index in [1.54, 1.807) is 36.4 Å². The van der Waals surface area contributed by atoms with Gasteiger partial charge in [0.25, 0.3) is 0 Å². The quantitative estimate of drug-likeness (QED) is 0.504. The average Bonchev–Trinajstić information content (AvgIpc) is 2.38. The van der Waals surface area contributed by atoms with Crippen molar-refractivity contribution in [2.45, 2.75) is 6.92 Å². The summed E-state index contributed by atoms with van der Waals surface area (Å²) in [5.41, 5.74) is 0.945. The summed E-state index contributed by atoms with van der Waals surface area (Å²) in [6.07, 6.45) is 6.62. The molecule has 4 nitrogen and oxygen atoms in total. The van der Waals surface area contributed by atoms with Crippen LogP contribution in [0.3, 0.4) is 0 Å². The van der Waals surface area contributed by atoms with Gasteiger partial charge < -0.3 is 10.1 Å². The molecule has 0 aromatic heterocycles. The van der Waals surface area contributed by atoms with Gasteiger partial charge in [-0.3, -0.25) is 4.79 Å². The molecule has 0 unspecified atom stereocenters. The number of carbonyl (C=O) groups excluding carboxylic acids is 2. The minimum Gasteiger partial charge on any atom is -0.465 e. The molecular formula is C14H15NO3. The molecule has 0 radical (unpaired) electrons. The summed E-state index contributed by atoms with van der Waals surface area (Å²) in [6.45, 7) is 1.86. The van der Waals surface area contributed by atoms with Gasteiger partial charge in [-0.05, 0) is 25.1 Å². The molecule has 0 bridgehead atoms. The number of nitrogens with one attached hydrogen (secondary N) is 1. The van der Waals surface area contributed by atoms with Gasteiger partial charge in [0, 0.05) is 11.8 Å². The Bertz CT molecular complexity index is 490. The van der Waals surface area contributed by atoms with Crippen molar-refractivity contribution in [3.05, 3.63) is 54.1 Å². The van der Waals surface area contributed by atoms with Gasteiger partial charge in [-0.2, -0.15) is 0 Å². The first kappa shape index (κ1) is 13.7. The Morgan fingerprint density at radius 2 is 2.06 bits per heavy atom. The van der Waals surface area contributed by atoms with Crippen molar-refractivity contribution in [2.24, 2.45) is 0 Å². The molecule has 1 N–H and O–H groups in total. The molecule has 0 aliphatic heterocycles. The summed E-state index contributed by atoms with van der Waals surface area (Å²) in [5.74, 6) is -0.689. The largest absolute Gasteiger partial charge is 0.465 e. The van der Waals surface area contributed by atoms with Crippen LogP contribution in [0, 0.1) is 0 Å². The molecule has 4 heteroatoms. The van der Waals surface area contributed by atoms with E-state index < -0.39 is 5.97 Å². The van der Waals surface area contributed by atoms with Crippen molar-refractivity contribution in [3.8, 4) is 0 Å². The number of hydrogen-bond acceptors (Lipinski definition) is 3. The van der Waals surface area contributed by atoms with Gasteiger partial charge in [-0.25, -0.2) is 4.79 Å². The zero-order valence-electron chi connectivity index (χ0n) is 10.3. The molecule has 1 rings (SSSR count). The van der Waals surface area contributed by atoms with Gasteiger partial charge >= 0.3 is 5.97 Å². The monoisotopic (exact) mass is 245 g/mol. The average molecular weight is 245 g/mol. The third-order valence-corrected chi connectivity index (χ3v) is 2.10. The van der Waals surface area contributed by atoms with Crippen molar-refractivity contribution < 1.29 is 14.3 Å². The molecule has 0 saturated carbocycles. The molecule has 0 spiro atoms. The van der Waals surface area contributed by atoms with Crippen LogP contribution in [-0.2, 0) is 9.53 Å². The van der Waals surface area contributed by atoms with Crippen molar-refractivity contribution in [1.29, 1.82) is 0 Å². The molecule has 0 fully saturated rings. The fourth-order valence-corrected chi connectivity index (χ4v) is 1.28. The summed E-state index contributed by atoms with van der Waals surface area (Å²) in [6, 6.07) is 6.57. The Morgan fingerprint density at radius 1 is 1.28 bits per heavy atom. The highest BCUT2D eigenvalue weighted by Crippen LogP contribution is 2.11. The first-order valence-corrected chi connectivity index (χ1v) is 5.46. The number of allylic oxidation sites excluding steroid dienone is 3. The molecule has 0 atom stereocenters. The highest BCUT2D eigenvalue weighted by molar-refractivity contribution is 6.00. The van der Waals surface area contributed by atoms with Gasteiger partial charge in [0.05, 0.1) is 12.7 Å². The molecule has 0 aliphatic rings. The highest BCUT2D eigenvalue weighted by atomic mass is 16.5. The maximum Gasteiger partial charge on any atom is 0.337 e. The Balaban J connectivity index is 2.73. The van der Waals surface area contributed by atoms with Crippen LogP contribution in [0.5, 0.6) is 0 Å². The van der Waals surface area contributed by atoms with Crippen LogP contribution in [0.2, 0.25) is 0 Å². The number of amides is 1. The van der Waals surface area contributed by atoms with Gasteiger partial charge in [0.2, 0.25) is 5.91 Å². The van der Waals surface area contributed by atoms with Crippen molar-refractivity contribution in [3.63, 3.8) is 0 Å². The predicted molar refractivity (Wildman–Crippen MR) is 70.4 cm³/mol. The Kier molecular flexibility index (Phi) is 5.38. The first-order valence-electron chi connectivity index (χ1n) is 5.46. The highest BCUT2D eigenvalue weighted by Gasteiger charge is 2.06. The fraction of sp³-hybridized carbons (Fsp3) is 0.143.